The Balaban J connectivity index is 2.65. The summed E-state index contributed by atoms with van der Waals surface area (Å²) in [4.78, 5) is 13.0. The summed E-state index contributed by atoms with van der Waals surface area (Å²) in [5.41, 5.74) is 0.836. The minimum Gasteiger partial charge on any atom is -0.340 e. The molecule has 16 heavy (non-hydrogen) atoms. The van der Waals surface area contributed by atoms with Gasteiger partial charge in [0.2, 0.25) is 5.91 Å². The van der Waals surface area contributed by atoms with Gasteiger partial charge in [-0.05, 0) is 24.6 Å². The van der Waals surface area contributed by atoms with E-state index in [0.29, 0.717) is 6.54 Å². The molecule has 84 valence electrons. The molecule has 0 spiro atoms. The van der Waals surface area contributed by atoms with E-state index < -0.39 is 5.92 Å². The van der Waals surface area contributed by atoms with Crippen LogP contribution in [0, 0.1) is 23.1 Å². The Morgan fingerprint density at radius 2 is 2.06 bits per heavy atom. The van der Waals surface area contributed by atoms with Crippen molar-refractivity contribution in [1.82, 2.24) is 4.90 Å². The largest absolute Gasteiger partial charge is 0.340 e. The van der Waals surface area contributed by atoms with E-state index in [1.807, 2.05) is 6.07 Å². The van der Waals surface area contributed by atoms with Gasteiger partial charge >= 0.3 is 0 Å². The Hall–Kier alpha value is -1.89. The summed E-state index contributed by atoms with van der Waals surface area (Å²) in [5.74, 6) is -1.18. The molecule has 0 aliphatic rings. The highest BCUT2D eigenvalue weighted by Crippen LogP contribution is 2.08. The molecule has 0 heterocycles. The normalized spacial score (nSPS) is 11.6. The summed E-state index contributed by atoms with van der Waals surface area (Å²) in [6.45, 7) is 1.94. The SMILES string of the molecule is CC(C#N)C(=O)N(C)Cc1ccc(F)cc1. The third kappa shape index (κ3) is 3.06. The maximum atomic E-state index is 12.6. The van der Waals surface area contributed by atoms with Gasteiger partial charge in [0, 0.05) is 13.6 Å². The van der Waals surface area contributed by atoms with Gasteiger partial charge in [0.15, 0.2) is 0 Å². The average molecular weight is 220 g/mol. The number of rotatable bonds is 3. The second-order valence-corrected chi connectivity index (χ2v) is 3.67. The van der Waals surface area contributed by atoms with Crippen molar-refractivity contribution in [2.45, 2.75) is 13.5 Å². The highest BCUT2D eigenvalue weighted by atomic mass is 19.1. The third-order valence-corrected chi connectivity index (χ3v) is 2.27. The molecule has 0 aliphatic heterocycles. The zero-order valence-corrected chi connectivity index (χ0v) is 9.27. The second-order valence-electron chi connectivity index (χ2n) is 3.67. The molecular formula is C12H13FN2O. The Labute approximate surface area is 94.1 Å². The molecule has 0 aromatic heterocycles. The van der Waals surface area contributed by atoms with Gasteiger partial charge in [0.1, 0.15) is 11.7 Å². The molecule has 0 radical (unpaired) electrons. The van der Waals surface area contributed by atoms with Gasteiger partial charge in [-0.25, -0.2) is 4.39 Å². The lowest BCUT2D eigenvalue weighted by molar-refractivity contribution is -0.132. The number of amides is 1. The molecule has 0 N–H and O–H groups in total. The Bertz CT molecular complexity index is 408. The fourth-order valence-corrected chi connectivity index (χ4v) is 1.33. The number of carbonyl (C=O) groups excluding carboxylic acids is 1. The van der Waals surface area contributed by atoms with Crippen molar-refractivity contribution in [2.24, 2.45) is 5.92 Å². The lowest BCUT2D eigenvalue weighted by Gasteiger charge is -2.18. The molecule has 0 saturated carbocycles. The smallest absolute Gasteiger partial charge is 0.239 e. The van der Waals surface area contributed by atoms with E-state index in [1.54, 1.807) is 26.1 Å². The average Bonchev–Trinajstić information content (AvgIpc) is 2.30. The van der Waals surface area contributed by atoms with Crippen LogP contribution in [0.3, 0.4) is 0 Å². The molecule has 0 fully saturated rings. The number of hydrogen-bond donors (Lipinski definition) is 0. The maximum absolute atomic E-state index is 12.6. The summed E-state index contributed by atoms with van der Waals surface area (Å²) in [6.07, 6.45) is 0. The van der Waals surface area contributed by atoms with Crippen LogP contribution in [0.5, 0.6) is 0 Å². The molecule has 4 heteroatoms. The first-order valence-electron chi connectivity index (χ1n) is 4.93. The zero-order chi connectivity index (χ0) is 12.1. The van der Waals surface area contributed by atoms with Crippen LogP contribution in [0.2, 0.25) is 0 Å². The molecule has 0 aliphatic carbocycles. The highest BCUT2D eigenvalue weighted by molar-refractivity contribution is 5.80. The lowest BCUT2D eigenvalue weighted by Crippen LogP contribution is -2.30. The molecule has 1 amide bonds. The minimum atomic E-state index is -0.648. The van der Waals surface area contributed by atoms with E-state index in [4.69, 9.17) is 5.26 Å². The van der Waals surface area contributed by atoms with Crippen molar-refractivity contribution >= 4 is 5.91 Å². The number of carbonyl (C=O) groups is 1. The van der Waals surface area contributed by atoms with Crippen LogP contribution >= 0.6 is 0 Å². The lowest BCUT2D eigenvalue weighted by atomic mass is 10.1. The van der Waals surface area contributed by atoms with Gasteiger partial charge in [-0.3, -0.25) is 4.79 Å². The molecule has 1 rings (SSSR count). The van der Waals surface area contributed by atoms with Crippen LogP contribution in [-0.4, -0.2) is 17.9 Å². The van der Waals surface area contributed by atoms with Gasteiger partial charge in [-0.15, -0.1) is 0 Å². The third-order valence-electron chi connectivity index (χ3n) is 2.27. The summed E-state index contributed by atoms with van der Waals surface area (Å²) in [5, 5.41) is 8.61. The van der Waals surface area contributed by atoms with E-state index >= 15 is 0 Å². The molecule has 0 bridgehead atoms. The van der Waals surface area contributed by atoms with Gasteiger partial charge in [0.25, 0.3) is 0 Å². The Kier molecular flexibility index (Phi) is 4.01. The molecule has 1 unspecified atom stereocenters. The van der Waals surface area contributed by atoms with E-state index in [-0.39, 0.29) is 11.7 Å². The van der Waals surface area contributed by atoms with Gasteiger partial charge in [-0.1, -0.05) is 12.1 Å². The first-order valence-corrected chi connectivity index (χ1v) is 4.93. The van der Waals surface area contributed by atoms with Crippen LogP contribution in [0.4, 0.5) is 4.39 Å². The van der Waals surface area contributed by atoms with Gasteiger partial charge in [0.05, 0.1) is 6.07 Å². The van der Waals surface area contributed by atoms with Crippen molar-refractivity contribution in [3.05, 3.63) is 35.6 Å². The monoisotopic (exact) mass is 220 g/mol. The minimum absolute atomic E-state index is 0.230. The van der Waals surface area contributed by atoms with Crippen LogP contribution in [0.15, 0.2) is 24.3 Å². The first-order chi connectivity index (χ1) is 7.54. The molecule has 1 atom stereocenters. The van der Waals surface area contributed by atoms with Crippen molar-refractivity contribution < 1.29 is 9.18 Å². The first kappa shape index (κ1) is 12.2. The second kappa shape index (κ2) is 5.26. The standard InChI is InChI=1S/C12H13FN2O/c1-9(7-14)12(16)15(2)8-10-3-5-11(13)6-4-10/h3-6,9H,8H2,1-2H3. The number of halogens is 1. The topological polar surface area (TPSA) is 44.1 Å². The van der Waals surface area contributed by atoms with E-state index in [2.05, 4.69) is 0 Å². The number of benzene rings is 1. The molecular weight excluding hydrogens is 207 g/mol. The molecule has 1 aromatic rings. The predicted molar refractivity (Wildman–Crippen MR) is 57.7 cm³/mol. The quantitative estimate of drug-likeness (QED) is 0.781. The summed E-state index contributed by atoms with van der Waals surface area (Å²) in [7, 11) is 1.62. The molecule has 1 aromatic carbocycles. The summed E-state index contributed by atoms with van der Waals surface area (Å²) < 4.78 is 12.6. The van der Waals surface area contributed by atoms with Crippen LogP contribution < -0.4 is 0 Å². The Morgan fingerprint density at radius 3 is 2.56 bits per heavy atom. The summed E-state index contributed by atoms with van der Waals surface area (Å²) in [6, 6.07) is 7.83. The van der Waals surface area contributed by atoms with E-state index in [1.165, 1.54) is 17.0 Å². The zero-order valence-electron chi connectivity index (χ0n) is 9.27. The number of hydrogen-bond acceptors (Lipinski definition) is 2. The van der Waals surface area contributed by atoms with Gasteiger partial charge in [-0.2, -0.15) is 5.26 Å². The van der Waals surface area contributed by atoms with Crippen molar-refractivity contribution in [2.75, 3.05) is 7.05 Å². The summed E-state index contributed by atoms with van der Waals surface area (Å²) >= 11 is 0. The fourth-order valence-electron chi connectivity index (χ4n) is 1.33. The van der Waals surface area contributed by atoms with Gasteiger partial charge < -0.3 is 4.90 Å². The van der Waals surface area contributed by atoms with E-state index in [0.717, 1.165) is 5.56 Å². The van der Waals surface area contributed by atoms with Crippen molar-refractivity contribution in [1.29, 1.82) is 5.26 Å². The fraction of sp³-hybridized carbons (Fsp3) is 0.333. The van der Waals surface area contributed by atoms with Crippen molar-refractivity contribution in [3.8, 4) is 6.07 Å². The predicted octanol–water partition coefficient (Wildman–Crippen LogP) is 1.94. The van der Waals surface area contributed by atoms with Crippen LogP contribution in [-0.2, 0) is 11.3 Å². The molecule has 3 nitrogen and oxygen atoms in total. The number of nitrogens with zero attached hydrogens (tertiary/aromatic N) is 2. The van der Waals surface area contributed by atoms with Crippen LogP contribution in [0.25, 0.3) is 0 Å². The van der Waals surface area contributed by atoms with E-state index in [9.17, 15) is 9.18 Å². The van der Waals surface area contributed by atoms with Crippen molar-refractivity contribution in [3.63, 3.8) is 0 Å². The number of nitriles is 1. The maximum Gasteiger partial charge on any atom is 0.239 e. The highest BCUT2D eigenvalue weighted by Gasteiger charge is 2.16. The molecule has 0 saturated heterocycles. The Morgan fingerprint density at radius 1 is 1.50 bits per heavy atom. The van der Waals surface area contributed by atoms with Crippen LogP contribution in [0.1, 0.15) is 12.5 Å².